The summed E-state index contributed by atoms with van der Waals surface area (Å²) in [6.07, 6.45) is 39.2. The molecule has 0 radical (unpaired) electrons. The van der Waals surface area contributed by atoms with Gasteiger partial charge in [-0.2, -0.15) is 0 Å². The van der Waals surface area contributed by atoms with E-state index < -0.39 is 26.5 Å². The maximum Gasteiger partial charge on any atom is 0.472 e. The summed E-state index contributed by atoms with van der Waals surface area (Å²) >= 11 is 0. The normalized spacial score (nSPS) is 13.6. The van der Waals surface area contributed by atoms with Crippen molar-refractivity contribution in [1.29, 1.82) is 0 Å². The summed E-state index contributed by atoms with van der Waals surface area (Å²) in [5.41, 5.74) is 5.34. The van der Waals surface area contributed by atoms with Gasteiger partial charge in [0.15, 0.2) is 6.10 Å². The van der Waals surface area contributed by atoms with Crippen molar-refractivity contribution in [3.63, 3.8) is 0 Å². The van der Waals surface area contributed by atoms with Gasteiger partial charge in [0.2, 0.25) is 0 Å². The molecular weight excluding hydrogens is 665 g/mol. The van der Waals surface area contributed by atoms with Crippen molar-refractivity contribution in [3.8, 4) is 0 Å². The predicted molar refractivity (Wildman–Crippen MR) is 211 cm³/mol. The zero-order valence-corrected chi connectivity index (χ0v) is 33.7. The van der Waals surface area contributed by atoms with Crippen molar-refractivity contribution in [2.45, 2.75) is 200 Å². The molecule has 1 unspecified atom stereocenters. The fourth-order valence-corrected chi connectivity index (χ4v) is 6.49. The molecule has 3 N–H and O–H groups in total. The number of hydrogen-bond acceptors (Lipinski definition) is 8. The molecule has 9 nitrogen and oxygen atoms in total. The van der Waals surface area contributed by atoms with E-state index in [9.17, 15) is 19.0 Å². The van der Waals surface area contributed by atoms with Crippen molar-refractivity contribution >= 4 is 19.8 Å². The summed E-state index contributed by atoms with van der Waals surface area (Å²) in [6, 6.07) is 0. The van der Waals surface area contributed by atoms with Crippen LogP contribution in [-0.2, 0) is 32.7 Å². The van der Waals surface area contributed by atoms with Crippen LogP contribution in [-0.4, -0.2) is 49.3 Å². The second kappa shape index (κ2) is 38.2. The number of esters is 2. The molecule has 10 heteroatoms. The second-order valence-corrected chi connectivity index (χ2v) is 15.3. The number of phosphoric ester groups is 1. The van der Waals surface area contributed by atoms with Gasteiger partial charge in [-0.25, -0.2) is 4.57 Å². The average molecular weight is 744 g/mol. The Morgan fingerprint density at radius 3 is 1.53 bits per heavy atom. The summed E-state index contributed by atoms with van der Waals surface area (Å²) in [7, 11) is -4.37. The highest BCUT2D eigenvalue weighted by atomic mass is 31.2. The van der Waals surface area contributed by atoms with Crippen LogP contribution in [0.25, 0.3) is 0 Å². The third-order valence-electron chi connectivity index (χ3n) is 8.84. The molecule has 51 heavy (non-hydrogen) atoms. The lowest BCUT2D eigenvalue weighted by molar-refractivity contribution is -0.161. The third kappa shape index (κ3) is 38.0. The molecule has 0 spiro atoms. The van der Waals surface area contributed by atoms with Crippen molar-refractivity contribution in [1.82, 2.24) is 0 Å². The molecule has 0 aliphatic heterocycles. The SMILES string of the molecule is CCCCC/C=C\C/C=C\CCCCCCCCCCCC(=O)OC[C@H](COP(=O)(O)OCCN)OC(=O)CCCCCCCCCCCCC. The number of unbranched alkanes of at least 4 members (excludes halogenated alkanes) is 22. The number of carbonyl (C=O) groups is 2. The van der Waals surface area contributed by atoms with Crippen LogP contribution in [0.2, 0.25) is 0 Å². The van der Waals surface area contributed by atoms with Crippen LogP contribution >= 0.6 is 7.82 Å². The van der Waals surface area contributed by atoms with Crippen LogP contribution in [0.5, 0.6) is 0 Å². The lowest BCUT2D eigenvalue weighted by Gasteiger charge is -2.19. The lowest BCUT2D eigenvalue weighted by Crippen LogP contribution is -2.29. The van der Waals surface area contributed by atoms with Gasteiger partial charge in [-0.3, -0.25) is 18.6 Å². The molecule has 0 saturated heterocycles. The van der Waals surface area contributed by atoms with Gasteiger partial charge >= 0.3 is 19.8 Å². The van der Waals surface area contributed by atoms with Gasteiger partial charge in [0, 0.05) is 19.4 Å². The van der Waals surface area contributed by atoms with Crippen LogP contribution in [0.4, 0.5) is 0 Å². The van der Waals surface area contributed by atoms with E-state index in [1.807, 2.05) is 0 Å². The van der Waals surface area contributed by atoms with Crippen molar-refractivity contribution in [2.24, 2.45) is 5.73 Å². The van der Waals surface area contributed by atoms with Crippen LogP contribution in [0.15, 0.2) is 24.3 Å². The monoisotopic (exact) mass is 744 g/mol. The topological polar surface area (TPSA) is 134 Å². The number of hydrogen-bond donors (Lipinski definition) is 2. The molecule has 0 aromatic heterocycles. The first-order valence-corrected chi connectivity index (χ1v) is 22.3. The fraction of sp³-hybridized carbons (Fsp3) is 0.854. The highest BCUT2D eigenvalue weighted by Gasteiger charge is 2.26. The smallest absolute Gasteiger partial charge is 0.462 e. The number of rotatable bonds is 39. The Morgan fingerprint density at radius 2 is 1.02 bits per heavy atom. The molecular formula is C41H78NO8P. The zero-order valence-electron chi connectivity index (χ0n) is 32.8. The standard InChI is InChI=1S/C41H78NO8P/c1-3-5-7-9-11-13-15-16-17-18-19-20-21-22-24-25-27-29-31-33-40(43)47-37-39(38-49-51(45,46)48-36-35-42)50-41(44)34-32-30-28-26-23-14-12-10-8-6-4-2/h11,13,16-17,39H,3-10,12,14-15,18-38,42H2,1-2H3,(H,45,46)/b13-11-,17-16-/t39-/m1/s1. The Labute approximate surface area is 312 Å². The Morgan fingerprint density at radius 1 is 0.588 bits per heavy atom. The van der Waals surface area contributed by atoms with Gasteiger partial charge < -0.3 is 20.1 Å². The number of phosphoric acid groups is 1. The van der Waals surface area contributed by atoms with E-state index in [1.165, 1.54) is 122 Å². The van der Waals surface area contributed by atoms with Crippen LogP contribution in [0, 0.1) is 0 Å². The quantitative estimate of drug-likeness (QED) is 0.0273. The summed E-state index contributed by atoms with van der Waals surface area (Å²) in [4.78, 5) is 34.8. The summed E-state index contributed by atoms with van der Waals surface area (Å²) in [5, 5.41) is 0. The van der Waals surface area contributed by atoms with Gasteiger partial charge in [0.25, 0.3) is 0 Å². The van der Waals surface area contributed by atoms with E-state index in [4.69, 9.17) is 24.3 Å². The van der Waals surface area contributed by atoms with Gasteiger partial charge in [-0.15, -0.1) is 0 Å². The van der Waals surface area contributed by atoms with Crippen LogP contribution in [0.3, 0.4) is 0 Å². The molecule has 2 atom stereocenters. The first-order chi connectivity index (χ1) is 24.8. The van der Waals surface area contributed by atoms with E-state index in [2.05, 4.69) is 38.2 Å². The minimum Gasteiger partial charge on any atom is -0.462 e. The van der Waals surface area contributed by atoms with E-state index in [0.29, 0.717) is 6.42 Å². The van der Waals surface area contributed by atoms with Gasteiger partial charge in [-0.1, -0.05) is 160 Å². The minimum atomic E-state index is -4.37. The fourth-order valence-electron chi connectivity index (χ4n) is 5.72. The highest BCUT2D eigenvalue weighted by molar-refractivity contribution is 7.47. The van der Waals surface area contributed by atoms with E-state index in [-0.39, 0.29) is 38.6 Å². The largest absolute Gasteiger partial charge is 0.472 e. The Bertz CT molecular complexity index is 897. The first kappa shape index (κ1) is 49.5. The molecule has 0 fully saturated rings. The Hall–Kier alpha value is -1.51. The Kier molecular flexibility index (Phi) is 37.1. The molecule has 300 valence electrons. The average Bonchev–Trinajstić information content (AvgIpc) is 3.11. The molecule has 0 aliphatic rings. The Balaban J connectivity index is 4.11. The molecule has 0 aliphatic carbocycles. The minimum absolute atomic E-state index is 0.0544. The number of ether oxygens (including phenoxy) is 2. The van der Waals surface area contributed by atoms with Crippen LogP contribution in [0.1, 0.15) is 194 Å². The summed E-state index contributed by atoms with van der Waals surface area (Å²) in [6.45, 7) is 3.70. The van der Waals surface area contributed by atoms with E-state index in [1.54, 1.807) is 0 Å². The number of allylic oxidation sites excluding steroid dienone is 4. The maximum atomic E-state index is 12.5. The predicted octanol–water partition coefficient (Wildman–Crippen LogP) is 11.6. The maximum absolute atomic E-state index is 12.5. The molecule has 0 heterocycles. The molecule has 0 amide bonds. The number of carbonyl (C=O) groups excluding carboxylic acids is 2. The number of nitrogens with two attached hydrogens (primary N) is 1. The second-order valence-electron chi connectivity index (χ2n) is 13.9. The van der Waals surface area contributed by atoms with Crippen molar-refractivity contribution in [2.75, 3.05) is 26.4 Å². The zero-order chi connectivity index (χ0) is 37.5. The summed E-state index contributed by atoms with van der Waals surface area (Å²) in [5.74, 6) is -0.829. The highest BCUT2D eigenvalue weighted by Crippen LogP contribution is 2.43. The molecule has 0 saturated carbocycles. The summed E-state index contributed by atoms with van der Waals surface area (Å²) < 4.78 is 32.7. The molecule has 0 bridgehead atoms. The third-order valence-corrected chi connectivity index (χ3v) is 9.82. The van der Waals surface area contributed by atoms with Gasteiger partial charge in [-0.05, 0) is 44.9 Å². The van der Waals surface area contributed by atoms with Gasteiger partial charge in [0.05, 0.1) is 13.2 Å². The van der Waals surface area contributed by atoms with Gasteiger partial charge in [0.1, 0.15) is 6.61 Å². The van der Waals surface area contributed by atoms with Crippen molar-refractivity contribution < 1.29 is 37.6 Å². The van der Waals surface area contributed by atoms with Crippen LogP contribution < -0.4 is 5.73 Å². The lowest BCUT2D eigenvalue weighted by atomic mass is 10.1. The molecule has 0 aromatic rings. The molecule has 0 aromatic carbocycles. The molecule has 0 rings (SSSR count). The van der Waals surface area contributed by atoms with E-state index in [0.717, 1.165) is 38.5 Å². The van der Waals surface area contributed by atoms with E-state index >= 15 is 0 Å². The first-order valence-electron chi connectivity index (χ1n) is 20.8. The van der Waals surface area contributed by atoms with Crippen molar-refractivity contribution in [3.05, 3.63) is 24.3 Å².